The Bertz CT molecular complexity index is 265. The standard InChI is InChI=1S/C12H20N2O/c15-11(14-7-1-2-8-14)10-9-12(10)3-5-13-6-4-12/h10,13H,1-9H2. The van der Waals surface area contributed by atoms with Gasteiger partial charge in [-0.1, -0.05) is 0 Å². The van der Waals surface area contributed by atoms with Crippen LogP contribution in [0.2, 0.25) is 0 Å². The molecule has 15 heavy (non-hydrogen) atoms. The highest BCUT2D eigenvalue weighted by atomic mass is 16.2. The van der Waals surface area contributed by atoms with E-state index < -0.39 is 0 Å². The highest BCUT2D eigenvalue weighted by Crippen LogP contribution is 2.59. The van der Waals surface area contributed by atoms with Crippen molar-refractivity contribution < 1.29 is 4.79 Å². The van der Waals surface area contributed by atoms with Gasteiger partial charge in [0.1, 0.15) is 0 Å². The third-order valence-corrected chi connectivity index (χ3v) is 4.50. The second kappa shape index (κ2) is 3.48. The van der Waals surface area contributed by atoms with Crippen LogP contribution >= 0.6 is 0 Å². The molecule has 0 aromatic heterocycles. The van der Waals surface area contributed by atoms with Crippen molar-refractivity contribution >= 4 is 5.91 Å². The minimum atomic E-state index is 0.387. The number of nitrogens with zero attached hydrogens (tertiary/aromatic N) is 1. The molecule has 1 N–H and O–H groups in total. The molecule has 2 saturated heterocycles. The topological polar surface area (TPSA) is 32.3 Å². The number of likely N-dealkylation sites (tertiary alicyclic amines) is 1. The van der Waals surface area contributed by atoms with Gasteiger partial charge in [0.25, 0.3) is 0 Å². The van der Waals surface area contributed by atoms with E-state index >= 15 is 0 Å². The number of piperidine rings is 1. The van der Waals surface area contributed by atoms with E-state index in [2.05, 4.69) is 10.2 Å². The molecule has 0 aromatic carbocycles. The summed E-state index contributed by atoms with van der Waals surface area (Å²) in [5.41, 5.74) is 0.422. The van der Waals surface area contributed by atoms with Gasteiger partial charge in [-0.25, -0.2) is 0 Å². The van der Waals surface area contributed by atoms with Crippen LogP contribution in [0.4, 0.5) is 0 Å². The summed E-state index contributed by atoms with van der Waals surface area (Å²) >= 11 is 0. The van der Waals surface area contributed by atoms with Gasteiger partial charge >= 0.3 is 0 Å². The zero-order valence-electron chi connectivity index (χ0n) is 9.30. The van der Waals surface area contributed by atoms with Crippen LogP contribution in [0.1, 0.15) is 32.1 Å². The average Bonchev–Trinajstić information content (AvgIpc) is 2.76. The first-order chi connectivity index (χ1) is 7.32. The van der Waals surface area contributed by atoms with Crippen molar-refractivity contribution in [3.8, 4) is 0 Å². The number of carbonyl (C=O) groups is 1. The van der Waals surface area contributed by atoms with Gasteiger partial charge in [0.15, 0.2) is 0 Å². The van der Waals surface area contributed by atoms with E-state index in [-0.39, 0.29) is 0 Å². The Labute approximate surface area is 91.2 Å². The van der Waals surface area contributed by atoms with Crippen LogP contribution in [0, 0.1) is 11.3 Å². The predicted octanol–water partition coefficient (Wildman–Crippen LogP) is 0.998. The number of hydrogen-bond donors (Lipinski definition) is 1. The van der Waals surface area contributed by atoms with E-state index in [1.165, 1.54) is 32.1 Å². The Morgan fingerprint density at radius 1 is 1.20 bits per heavy atom. The lowest BCUT2D eigenvalue weighted by Crippen LogP contribution is -2.35. The molecule has 84 valence electrons. The van der Waals surface area contributed by atoms with Gasteiger partial charge in [-0.2, -0.15) is 0 Å². The molecule has 2 aliphatic heterocycles. The fourth-order valence-corrected chi connectivity index (χ4v) is 3.33. The van der Waals surface area contributed by atoms with Gasteiger partial charge in [0.05, 0.1) is 0 Å². The summed E-state index contributed by atoms with van der Waals surface area (Å²) < 4.78 is 0. The lowest BCUT2D eigenvalue weighted by atomic mass is 9.91. The Morgan fingerprint density at radius 2 is 1.87 bits per heavy atom. The van der Waals surface area contributed by atoms with Crippen molar-refractivity contribution in [3.63, 3.8) is 0 Å². The van der Waals surface area contributed by atoms with Crippen LogP contribution < -0.4 is 5.32 Å². The van der Waals surface area contributed by atoms with Crippen molar-refractivity contribution in [2.24, 2.45) is 11.3 Å². The summed E-state index contributed by atoms with van der Waals surface area (Å²) in [7, 11) is 0. The lowest BCUT2D eigenvalue weighted by Gasteiger charge is -2.24. The molecule has 3 fully saturated rings. The first kappa shape index (κ1) is 9.64. The smallest absolute Gasteiger partial charge is 0.226 e. The van der Waals surface area contributed by atoms with Gasteiger partial charge < -0.3 is 10.2 Å². The number of nitrogens with one attached hydrogen (secondary N) is 1. The monoisotopic (exact) mass is 208 g/mol. The fourth-order valence-electron chi connectivity index (χ4n) is 3.33. The maximum absolute atomic E-state index is 12.2. The third kappa shape index (κ3) is 1.57. The molecule has 1 atom stereocenters. The molecule has 3 rings (SSSR count). The average molecular weight is 208 g/mol. The van der Waals surface area contributed by atoms with Crippen LogP contribution in [0.5, 0.6) is 0 Å². The Kier molecular flexibility index (Phi) is 2.23. The van der Waals surface area contributed by atoms with Crippen LogP contribution in [0.3, 0.4) is 0 Å². The molecule has 1 unspecified atom stereocenters. The minimum Gasteiger partial charge on any atom is -0.342 e. The molecule has 1 aliphatic carbocycles. The van der Waals surface area contributed by atoms with E-state index in [1.54, 1.807) is 0 Å². The number of amides is 1. The van der Waals surface area contributed by atoms with Crippen molar-refractivity contribution in [1.29, 1.82) is 0 Å². The molecule has 3 nitrogen and oxygen atoms in total. The van der Waals surface area contributed by atoms with Crippen LogP contribution in [-0.2, 0) is 4.79 Å². The molecule has 2 heterocycles. The van der Waals surface area contributed by atoms with E-state index in [9.17, 15) is 4.79 Å². The molecule has 1 saturated carbocycles. The first-order valence-electron chi connectivity index (χ1n) is 6.31. The predicted molar refractivity (Wildman–Crippen MR) is 58.5 cm³/mol. The molecule has 3 aliphatic rings. The van der Waals surface area contributed by atoms with Gasteiger partial charge in [0, 0.05) is 19.0 Å². The summed E-state index contributed by atoms with van der Waals surface area (Å²) in [4.78, 5) is 14.3. The maximum atomic E-state index is 12.2. The minimum absolute atomic E-state index is 0.387. The van der Waals surface area contributed by atoms with Crippen molar-refractivity contribution in [1.82, 2.24) is 10.2 Å². The van der Waals surface area contributed by atoms with E-state index in [1.807, 2.05) is 0 Å². The maximum Gasteiger partial charge on any atom is 0.226 e. The first-order valence-corrected chi connectivity index (χ1v) is 6.31. The SMILES string of the molecule is O=C(C1CC12CCNCC2)N1CCCC1. The molecule has 1 amide bonds. The molecule has 0 aromatic rings. The van der Waals surface area contributed by atoms with Crippen molar-refractivity contribution in [3.05, 3.63) is 0 Å². The molecular formula is C12H20N2O. The third-order valence-electron chi connectivity index (χ3n) is 4.50. The van der Waals surface area contributed by atoms with E-state index in [4.69, 9.17) is 0 Å². The summed E-state index contributed by atoms with van der Waals surface area (Å²) in [5, 5.41) is 3.38. The zero-order chi connectivity index (χ0) is 10.3. The largest absolute Gasteiger partial charge is 0.342 e. The summed E-state index contributed by atoms with van der Waals surface area (Å²) in [6.07, 6.45) is 6.04. The highest BCUT2D eigenvalue weighted by Gasteiger charge is 2.58. The normalized spacial score (nSPS) is 33.3. The number of rotatable bonds is 1. The Balaban J connectivity index is 1.62. The summed E-state index contributed by atoms with van der Waals surface area (Å²) in [5.74, 6) is 0.854. The number of hydrogen-bond acceptors (Lipinski definition) is 2. The molecule has 0 bridgehead atoms. The quantitative estimate of drug-likeness (QED) is 0.697. The zero-order valence-corrected chi connectivity index (χ0v) is 9.30. The van der Waals surface area contributed by atoms with E-state index in [0.29, 0.717) is 17.2 Å². The van der Waals surface area contributed by atoms with Crippen LogP contribution in [0.25, 0.3) is 0 Å². The second-order valence-electron chi connectivity index (χ2n) is 5.40. The molecule has 0 radical (unpaired) electrons. The Morgan fingerprint density at radius 3 is 2.53 bits per heavy atom. The van der Waals surface area contributed by atoms with Gasteiger partial charge in [-0.3, -0.25) is 4.79 Å². The molecule has 3 heteroatoms. The van der Waals surface area contributed by atoms with Crippen molar-refractivity contribution in [2.45, 2.75) is 32.1 Å². The lowest BCUT2D eigenvalue weighted by molar-refractivity contribution is -0.132. The van der Waals surface area contributed by atoms with Crippen molar-refractivity contribution in [2.75, 3.05) is 26.2 Å². The highest BCUT2D eigenvalue weighted by molar-refractivity contribution is 5.83. The van der Waals surface area contributed by atoms with E-state index in [0.717, 1.165) is 26.2 Å². The van der Waals surface area contributed by atoms with Gasteiger partial charge in [0.2, 0.25) is 5.91 Å². The fraction of sp³-hybridized carbons (Fsp3) is 0.917. The number of carbonyl (C=O) groups excluding carboxylic acids is 1. The van der Waals surface area contributed by atoms with Gasteiger partial charge in [-0.05, 0) is 50.6 Å². The van der Waals surface area contributed by atoms with Gasteiger partial charge in [-0.15, -0.1) is 0 Å². The molecular weight excluding hydrogens is 188 g/mol. The summed E-state index contributed by atoms with van der Waals surface area (Å²) in [6.45, 7) is 4.26. The summed E-state index contributed by atoms with van der Waals surface area (Å²) in [6, 6.07) is 0. The second-order valence-corrected chi connectivity index (χ2v) is 5.40. The van der Waals surface area contributed by atoms with Crippen LogP contribution in [0.15, 0.2) is 0 Å². The van der Waals surface area contributed by atoms with Crippen LogP contribution in [-0.4, -0.2) is 37.0 Å². The molecule has 1 spiro atoms. The Hall–Kier alpha value is -0.570.